The van der Waals surface area contributed by atoms with E-state index in [4.69, 9.17) is 30.4 Å². The molecular formula is C42H72N2O8S8Y-2. The molecule has 61 heavy (non-hydrogen) atoms. The van der Waals surface area contributed by atoms with Crippen LogP contribution in [0.2, 0.25) is 0 Å². The van der Waals surface area contributed by atoms with Crippen LogP contribution in [0, 0.1) is 45.3 Å². The van der Waals surface area contributed by atoms with Gasteiger partial charge in [-0.15, -0.1) is 13.1 Å². The average Bonchev–Trinajstić information content (AvgIpc) is 4.04. The topological polar surface area (TPSA) is 153 Å². The van der Waals surface area contributed by atoms with E-state index >= 15 is 0 Å². The van der Waals surface area contributed by atoms with E-state index in [9.17, 15) is 19.2 Å². The van der Waals surface area contributed by atoms with Crippen LogP contribution in [-0.2, 0) is 70.8 Å². The van der Waals surface area contributed by atoms with Crippen LogP contribution in [-0.4, -0.2) is 109 Å². The molecule has 0 unspecified atom stereocenters. The van der Waals surface area contributed by atoms with Crippen molar-refractivity contribution in [1.29, 1.82) is 0 Å². The summed E-state index contributed by atoms with van der Waals surface area (Å²) in [7, 11) is 15.2. The molecular weight excluding hydrogens is 1010 g/mol. The first-order chi connectivity index (χ1) is 28.4. The summed E-state index contributed by atoms with van der Waals surface area (Å²) in [5, 5.41) is 0. The minimum atomic E-state index is -0.332. The van der Waals surface area contributed by atoms with Gasteiger partial charge in [0.2, 0.25) is 0 Å². The molecule has 0 aromatic heterocycles. The van der Waals surface area contributed by atoms with E-state index in [-0.39, 0.29) is 117 Å². The predicted molar refractivity (Wildman–Crippen MR) is 266 cm³/mol. The molecule has 0 aliphatic carbocycles. The van der Waals surface area contributed by atoms with Crippen molar-refractivity contribution in [3.05, 3.63) is 11.5 Å². The normalized spacial score (nSPS) is 18.4. The molecule has 10 nitrogen and oxygen atoms in total. The number of nitrogens with one attached hydrogen (secondary N) is 2. The van der Waals surface area contributed by atoms with Gasteiger partial charge in [0.05, 0.1) is 0 Å². The van der Waals surface area contributed by atoms with Crippen LogP contribution in [0.4, 0.5) is 0 Å². The maximum absolute atomic E-state index is 12.5. The SMILES string of the molecule is CC(C)(C)CCC(=O)OCC(COC(=O)CC[NH-])(CC1CSSC1)CC1CSSC1.CC(C)(C)CCC(=O)OCC(COC(=O)CC[NH-])(CC1CSSC1)CC1CSSC1.[Y]. The second-order valence-electron chi connectivity index (χ2n) is 19.3. The summed E-state index contributed by atoms with van der Waals surface area (Å²) in [4.78, 5) is 49.1. The molecule has 4 saturated heterocycles. The second kappa shape index (κ2) is 31.0. The first-order valence-corrected chi connectivity index (χ1v) is 31.3. The monoisotopic (exact) mass is 1080 g/mol. The molecule has 19 heteroatoms. The summed E-state index contributed by atoms with van der Waals surface area (Å²) in [5.74, 6) is 10.0. The van der Waals surface area contributed by atoms with E-state index < -0.39 is 0 Å². The van der Waals surface area contributed by atoms with Crippen molar-refractivity contribution in [1.82, 2.24) is 0 Å². The Balaban J connectivity index is 0.000000413. The Morgan fingerprint density at radius 3 is 0.836 bits per heavy atom. The van der Waals surface area contributed by atoms with Crippen LogP contribution in [0.5, 0.6) is 0 Å². The maximum atomic E-state index is 12.5. The summed E-state index contributed by atoms with van der Waals surface area (Å²) >= 11 is 0. The van der Waals surface area contributed by atoms with E-state index in [0.29, 0.717) is 49.7 Å². The molecule has 2 N–H and O–H groups in total. The molecule has 0 amide bonds. The van der Waals surface area contributed by atoms with E-state index in [0.717, 1.165) is 84.5 Å². The third kappa shape index (κ3) is 26.2. The van der Waals surface area contributed by atoms with Gasteiger partial charge in [-0.05, 0) is 73.0 Å². The van der Waals surface area contributed by atoms with Gasteiger partial charge in [0.25, 0.3) is 0 Å². The molecule has 0 aromatic carbocycles. The summed E-state index contributed by atoms with van der Waals surface area (Å²) in [6, 6.07) is 0. The van der Waals surface area contributed by atoms with Crippen molar-refractivity contribution in [2.24, 2.45) is 45.3 Å². The van der Waals surface area contributed by atoms with Gasteiger partial charge < -0.3 is 30.4 Å². The number of hydrogen-bond acceptors (Lipinski definition) is 16. The fourth-order valence-electron chi connectivity index (χ4n) is 7.37. The Bertz CT molecular complexity index is 1150. The largest absolute Gasteiger partial charge is 0.677 e. The summed E-state index contributed by atoms with van der Waals surface area (Å²) in [5.41, 5.74) is 14.1. The Labute approximate surface area is 424 Å². The summed E-state index contributed by atoms with van der Waals surface area (Å²) < 4.78 is 22.9. The third-order valence-corrected chi connectivity index (χ3v) is 21.4. The molecule has 1 radical (unpaired) electrons. The summed E-state index contributed by atoms with van der Waals surface area (Å²) in [6.45, 7) is 14.1. The van der Waals surface area contributed by atoms with E-state index in [1.807, 2.05) is 86.4 Å². The van der Waals surface area contributed by atoms with Crippen LogP contribution in [0.3, 0.4) is 0 Å². The van der Waals surface area contributed by atoms with Gasteiger partial charge in [0, 0.05) is 115 Å². The molecule has 4 heterocycles. The van der Waals surface area contributed by atoms with E-state index in [1.54, 1.807) is 0 Å². The minimum Gasteiger partial charge on any atom is -0.677 e. The molecule has 4 rings (SSSR count). The number of carbonyl (C=O) groups excluding carboxylic acids is 4. The van der Waals surface area contributed by atoms with E-state index in [2.05, 4.69) is 41.5 Å². The van der Waals surface area contributed by atoms with Gasteiger partial charge in [-0.25, -0.2) is 0 Å². The van der Waals surface area contributed by atoms with Gasteiger partial charge in [-0.1, -0.05) is 128 Å². The van der Waals surface area contributed by atoms with E-state index in [1.165, 1.54) is 0 Å². The Hall–Kier alpha value is 1.70. The molecule has 4 fully saturated rings. The molecule has 0 spiro atoms. The molecule has 4 aliphatic rings. The predicted octanol–water partition coefficient (Wildman–Crippen LogP) is 12.3. The average molecular weight is 1080 g/mol. The van der Waals surface area contributed by atoms with Crippen LogP contribution < -0.4 is 0 Å². The van der Waals surface area contributed by atoms with Gasteiger partial charge in [0.15, 0.2) is 0 Å². The number of rotatable bonds is 24. The second-order valence-corrected chi connectivity index (χ2v) is 29.5. The number of ether oxygens (including phenoxy) is 4. The maximum Gasteiger partial charge on any atom is 0.305 e. The Morgan fingerprint density at radius 1 is 0.426 bits per heavy atom. The van der Waals surface area contributed by atoms with Gasteiger partial charge in [-0.2, -0.15) is 0 Å². The zero-order valence-corrected chi connectivity index (χ0v) is 46.8. The molecule has 0 bridgehead atoms. The van der Waals surface area contributed by atoms with Crippen LogP contribution in [0.15, 0.2) is 0 Å². The molecule has 0 saturated carbocycles. The minimum absolute atomic E-state index is 0. The van der Waals surface area contributed by atoms with Crippen LogP contribution in [0.25, 0.3) is 11.5 Å². The zero-order chi connectivity index (χ0) is 44.1. The van der Waals surface area contributed by atoms with Crippen molar-refractivity contribution in [2.45, 2.75) is 106 Å². The number of esters is 4. The Morgan fingerprint density at radius 2 is 0.639 bits per heavy atom. The summed E-state index contributed by atoms with van der Waals surface area (Å²) in [6.07, 6.45) is 6.33. The first kappa shape index (κ1) is 58.8. The van der Waals surface area contributed by atoms with Crippen LogP contribution in [0.1, 0.15) is 106 Å². The first-order valence-electron chi connectivity index (χ1n) is 21.3. The van der Waals surface area contributed by atoms with Crippen molar-refractivity contribution < 1.29 is 70.8 Å². The van der Waals surface area contributed by atoms with Crippen LogP contribution >= 0.6 is 86.4 Å². The van der Waals surface area contributed by atoms with Crippen molar-refractivity contribution in [2.75, 3.05) is 85.5 Å². The molecule has 0 atom stereocenters. The van der Waals surface area contributed by atoms with Crippen molar-refractivity contribution in [3.63, 3.8) is 0 Å². The standard InChI is InChI=1S/2C21H36NO4S4.Y/c2*1-20(2,3)6-4-18(23)25-14-21(8-16-10-27-28-11-16,9-17-12-29-30-13-17)15-26-19(24)5-7-22;/h2*16-17,22H,4-15H2,1-3H3;/q2*-1;. The van der Waals surface area contributed by atoms with Crippen molar-refractivity contribution >= 4 is 110 Å². The third-order valence-electron chi connectivity index (χ3n) is 10.6. The fraction of sp³-hybridized carbons (Fsp3) is 0.905. The molecule has 4 aliphatic heterocycles. The van der Waals surface area contributed by atoms with Gasteiger partial charge in [-0.3, -0.25) is 19.2 Å². The number of hydrogen-bond donors (Lipinski definition) is 0. The quantitative estimate of drug-likeness (QED) is 0.0511. The van der Waals surface area contributed by atoms with Crippen molar-refractivity contribution in [3.8, 4) is 0 Å². The zero-order valence-electron chi connectivity index (χ0n) is 37.4. The van der Waals surface area contributed by atoms with Gasteiger partial charge >= 0.3 is 23.9 Å². The Kier molecular flexibility index (Phi) is 29.9. The fourth-order valence-corrected chi connectivity index (χ4v) is 19.1. The smallest absolute Gasteiger partial charge is 0.305 e. The number of carbonyl (C=O) groups is 4. The molecule has 351 valence electrons. The van der Waals surface area contributed by atoms with Gasteiger partial charge in [0.1, 0.15) is 26.4 Å². The molecule has 0 aromatic rings.